The molecule has 94 valence electrons. The summed E-state index contributed by atoms with van der Waals surface area (Å²) in [5, 5.41) is 3.42. The van der Waals surface area contributed by atoms with Gasteiger partial charge < -0.3 is 14.6 Å². The van der Waals surface area contributed by atoms with E-state index in [0.717, 1.165) is 25.4 Å². The molecular formula is C13H16N4O. The topological polar surface area (TPSA) is 52.0 Å². The van der Waals surface area contributed by atoms with Crippen molar-refractivity contribution >= 4 is 0 Å². The van der Waals surface area contributed by atoms with Gasteiger partial charge in [0, 0.05) is 37.9 Å². The first kappa shape index (κ1) is 11.2. The fourth-order valence-corrected chi connectivity index (χ4v) is 2.17. The summed E-state index contributed by atoms with van der Waals surface area (Å²) in [4.78, 5) is 8.21. The van der Waals surface area contributed by atoms with Gasteiger partial charge in [-0.15, -0.1) is 0 Å². The van der Waals surface area contributed by atoms with Crippen molar-refractivity contribution in [1.29, 1.82) is 0 Å². The Bertz CT molecular complexity index is 497. The Kier molecular flexibility index (Phi) is 3.23. The van der Waals surface area contributed by atoms with Gasteiger partial charge >= 0.3 is 0 Å². The van der Waals surface area contributed by atoms with Gasteiger partial charge in [-0.05, 0) is 12.1 Å². The van der Waals surface area contributed by atoms with Crippen molar-refractivity contribution in [3.63, 3.8) is 0 Å². The fourth-order valence-electron chi connectivity index (χ4n) is 2.17. The molecule has 0 spiro atoms. The Hall–Kier alpha value is -1.88. The minimum Gasteiger partial charge on any atom is -0.492 e. The molecule has 1 aliphatic rings. The highest BCUT2D eigenvalue weighted by Gasteiger charge is 2.16. The summed E-state index contributed by atoms with van der Waals surface area (Å²) in [6.45, 7) is 3.48. The van der Waals surface area contributed by atoms with Crippen LogP contribution in [-0.2, 0) is 13.1 Å². The van der Waals surface area contributed by atoms with Crippen LogP contribution in [-0.4, -0.2) is 27.7 Å². The van der Waals surface area contributed by atoms with E-state index < -0.39 is 0 Å². The van der Waals surface area contributed by atoms with Gasteiger partial charge in [0.25, 0.3) is 0 Å². The number of fused-ring (bicyclic) bond motifs is 1. The maximum absolute atomic E-state index is 5.76. The first-order valence-corrected chi connectivity index (χ1v) is 6.14. The molecule has 0 amide bonds. The van der Waals surface area contributed by atoms with E-state index in [1.54, 1.807) is 12.4 Å². The molecule has 2 aromatic heterocycles. The average Bonchev–Trinajstić information content (AvgIpc) is 2.76. The molecule has 0 aromatic carbocycles. The van der Waals surface area contributed by atoms with E-state index in [2.05, 4.69) is 19.9 Å². The number of hydrogen-bond donors (Lipinski definition) is 1. The summed E-state index contributed by atoms with van der Waals surface area (Å²) < 4.78 is 7.95. The predicted octanol–water partition coefficient (Wildman–Crippen LogP) is 1.08. The SMILES string of the molecule is c1cncc(OC[C@H]2CNCc3cncn3C2)c1. The van der Waals surface area contributed by atoms with Crippen molar-refractivity contribution < 1.29 is 4.74 Å². The summed E-state index contributed by atoms with van der Waals surface area (Å²) >= 11 is 0. The lowest BCUT2D eigenvalue weighted by atomic mass is 10.1. The smallest absolute Gasteiger partial charge is 0.137 e. The molecule has 1 aliphatic heterocycles. The Balaban J connectivity index is 1.61. The van der Waals surface area contributed by atoms with Crippen LogP contribution in [0, 0.1) is 5.92 Å². The first-order chi connectivity index (χ1) is 8.92. The van der Waals surface area contributed by atoms with Crippen molar-refractivity contribution in [2.45, 2.75) is 13.1 Å². The van der Waals surface area contributed by atoms with Crippen LogP contribution in [0.15, 0.2) is 37.1 Å². The second-order valence-electron chi connectivity index (χ2n) is 4.53. The molecule has 0 radical (unpaired) electrons. The van der Waals surface area contributed by atoms with Gasteiger partial charge in [-0.1, -0.05) is 0 Å². The molecule has 18 heavy (non-hydrogen) atoms. The second-order valence-corrected chi connectivity index (χ2v) is 4.53. The van der Waals surface area contributed by atoms with Crippen LogP contribution < -0.4 is 10.1 Å². The van der Waals surface area contributed by atoms with Crippen molar-refractivity contribution in [2.75, 3.05) is 13.2 Å². The molecular weight excluding hydrogens is 228 g/mol. The van der Waals surface area contributed by atoms with Crippen LogP contribution in [0.4, 0.5) is 0 Å². The van der Waals surface area contributed by atoms with Crippen LogP contribution >= 0.6 is 0 Å². The Labute approximate surface area is 106 Å². The number of nitrogens with one attached hydrogen (secondary N) is 1. The van der Waals surface area contributed by atoms with E-state index in [1.807, 2.05) is 24.7 Å². The molecule has 0 saturated carbocycles. The Morgan fingerprint density at radius 1 is 1.39 bits per heavy atom. The van der Waals surface area contributed by atoms with Crippen LogP contribution in [0.2, 0.25) is 0 Å². The third-order valence-electron chi connectivity index (χ3n) is 3.11. The summed E-state index contributed by atoms with van der Waals surface area (Å²) in [5.74, 6) is 1.27. The number of rotatable bonds is 3. The van der Waals surface area contributed by atoms with E-state index in [0.29, 0.717) is 12.5 Å². The van der Waals surface area contributed by atoms with Gasteiger partial charge in [0.2, 0.25) is 0 Å². The Morgan fingerprint density at radius 3 is 3.28 bits per heavy atom. The first-order valence-electron chi connectivity index (χ1n) is 6.14. The number of hydrogen-bond acceptors (Lipinski definition) is 4. The zero-order valence-corrected chi connectivity index (χ0v) is 10.1. The normalized spacial score (nSPS) is 19.0. The number of nitrogens with zero attached hydrogens (tertiary/aromatic N) is 3. The van der Waals surface area contributed by atoms with Crippen molar-refractivity contribution in [3.8, 4) is 5.75 Å². The summed E-state index contributed by atoms with van der Waals surface area (Å²) in [7, 11) is 0. The van der Waals surface area contributed by atoms with Crippen LogP contribution in [0.5, 0.6) is 5.75 Å². The zero-order valence-electron chi connectivity index (χ0n) is 10.1. The monoisotopic (exact) mass is 244 g/mol. The lowest BCUT2D eigenvalue weighted by molar-refractivity contribution is 0.232. The number of ether oxygens (including phenoxy) is 1. The van der Waals surface area contributed by atoms with E-state index in [9.17, 15) is 0 Å². The third kappa shape index (κ3) is 2.51. The lowest BCUT2D eigenvalue weighted by Gasteiger charge is -2.16. The quantitative estimate of drug-likeness (QED) is 0.877. The summed E-state index contributed by atoms with van der Waals surface area (Å²) in [5.41, 5.74) is 1.24. The molecule has 3 rings (SSSR count). The van der Waals surface area contributed by atoms with Crippen molar-refractivity contribution in [2.24, 2.45) is 5.92 Å². The molecule has 5 nitrogen and oxygen atoms in total. The zero-order chi connectivity index (χ0) is 12.2. The highest BCUT2D eigenvalue weighted by Crippen LogP contribution is 2.13. The van der Waals surface area contributed by atoms with Crippen LogP contribution in [0.1, 0.15) is 5.69 Å². The van der Waals surface area contributed by atoms with Crippen molar-refractivity contribution in [1.82, 2.24) is 19.9 Å². The van der Waals surface area contributed by atoms with Gasteiger partial charge in [0.1, 0.15) is 5.75 Å². The largest absolute Gasteiger partial charge is 0.492 e. The maximum atomic E-state index is 5.76. The number of imidazole rings is 1. The lowest BCUT2D eigenvalue weighted by Crippen LogP contribution is -2.26. The standard InChI is InChI=1S/C13H16N4O/c1-2-13(7-14-3-1)18-9-11-4-15-5-12-6-16-10-17(12)8-11/h1-3,6-7,10-11,15H,4-5,8-9H2/t11-/m0/s1. The van der Waals surface area contributed by atoms with E-state index >= 15 is 0 Å². The molecule has 0 aliphatic carbocycles. The molecule has 5 heteroatoms. The third-order valence-corrected chi connectivity index (χ3v) is 3.11. The van der Waals surface area contributed by atoms with Gasteiger partial charge in [0.15, 0.2) is 0 Å². The van der Waals surface area contributed by atoms with E-state index in [4.69, 9.17) is 4.74 Å². The van der Waals surface area contributed by atoms with Crippen molar-refractivity contribution in [3.05, 3.63) is 42.7 Å². The summed E-state index contributed by atoms with van der Waals surface area (Å²) in [6.07, 6.45) is 7.29. The minimum absolute atomic E-state index is 0.445. The highest BCUT2D eigenvalue weighted by atomic mass is 16.5. The highest BCUT2D eigenvalue weighted by molar-refractivity contribution is 5.15. The van der Waals surface area contributed by atoms with E-state index in [-0.39, 0.29) is 0 Å². The van der Waals surface area contributed by atoms with Crippen LogP contribution in [0.3, 0.4) is 0 Å². The van der Waals surface area contributed by atoms with Crippen LogP contribution in [0.25, 0.3) is 0 Å². The fraction of sp³-hybridized carbons (Fsp3) is 0.385. The molecule has 1 N–H and O–H groups in total. The number of aromatic nitrogens is 3. The number of pyridine rings is 1. The maximum Gasteiger partial charge on any atom is 0.137 e. The molecule has 2 aromatic rings. The average molecular weight is 244 g/mol. The summed E-state index contributed by atoms with van der Waals surface area (Å²) in [6, 6.07) is 3.81. The van der Waals surface area contributed by atoms with Gasteiger partial charge in [0.05, 0.1) is 24.8 Å². The molecule has 0 bridgehead atoms. The Morgan fingerprint density at radius 2 is 2.39 bits per heavy atom. The van der Waals surface area contributed by atoms with Gasteiger partial charge in [-0.25, -0.2) is 4.98 Å². The minimum atomic E-state index is 0.445. The van der Waals surface area contributed by atoms with E-state index in [1.165, 1.54) is 5.69 Å². The molecule has 0 unspecified atom stereocenters. The molecule has 0 fully saturated rings. The second kappa shape index (κ2) is 5.18. The molecule has 1 atom stereocenters. The molecule has 0 saturated heterocycles. The van der Waals surface area contributed by atoms with Gasteiger partial charge in [-0.2, -0.15) is 0 Å². The van der Waals surface area contributed by atoms with Gasteiger partial charge in [-0.3, -0.25) is 4.98 Å². The molecule has 3 heterocycles. The predicted molar refractivity (Wildman–Crippen MR) is 67.2 cm³/mol.